The van der Waals surface area contributed by atoms with Gasteiger partial charge >= 0.3 is 17.9 Å². The number of para-hydroxylation sites is 1. The van der Waals surface area contributed by atoms with E-state index in [9.17, 15) is 14.4 Å². The minimum atomic E-state index is -2.74. The maximum absolute atomic E-state index is 10.3. The van der Waals surface area contributed by atoms with Crippen LogP contribution in [0, 0.1) is 0 Å². The molecule has 0 aliphatic carbocycles. The van der Waals surface area contributed by atoms with Crippen molar-refractivity contribution in [3.63, 3.8) is 0 Å². The van der Waals surface area contributed by atoms with E-state index in [1.807, 2.05) is 37.3 Å². The fourth-order valence-corrected chi connectivity index (χ4v) is 1.36. The highest BCUT2D eigenvalue weighted by atomic mass is 16.6. The van der Waals surface area contributed by atoms with Crippen molar-refractivity contribution in [1.82, 2.24) is 5.48 Å². The number of carboxylic acids is 3. The van der Waals surface area contributed by atoms with E-state index in [1.165, 1.54) is 0 Å². The van der Waals surface area contributed by atoms with Gasteiger partial charge < -0.3 is 25.3 Å². The molecule has 0 aromatic heterocycles. The Morgan fingerprint density at radius 1 is 1.04 bits per heavy atom. The molecule has 128 valence electrons. The third-order valence-electron chi connectivity index (χ3n) is 2.36. The third-order valence-corrected chi connectivity index (χ3v) is 2.36. The van der Waals surface area contributed by atoms with E-state index in [0.717, 1.165) is 12.3 Å². The first-order valence-corrected chi connectivity index (χ1v) is 6.55. The molecule has 5 N–H and O–H groups in total. The van der Waals surface area contributed by atoms with Gasteiger partial charge in [0.05, 0.1) is 12.8 Å². The monoisotopic (exact) mass is 329 g/mol. The van der Waals surface area contributed by atoms with Crippen LogP contribution in [-0.4, -0.2) is 50.5 Å². The van der Waals surface area contributed by atoms with Crippen LogP contribution in [0.15, 0.2) is 30.3 Å². The zero-order valence-corrected chi connectivity index (χ0v) is 12.4. The Balaban J connectivity index is 0.000000433. The van der Waals surface area contributed by atoms with Gasteiger partial charge in [0.2, 0.25) is 0 Å². The van der Waals surface area contributed by atoms with E-state index < -0.39 is 36.4 Å². The maximum Gasteiger partial charge on any atom is 0.336 e. The van der Waals surface area contributed by atoms with Crippen LogP contribution in [0.3, 0.4) is 0 Å². The first-order valence-electron chi connectivity index (χ1n) is 6.55. The Morgan fingerprint density at radius 3 is 1.87 bits per heavy atom. The molecule has 0 heterocycles. The lowest BCUT2D eigenvalue weighted by Crippen LogP contribution is -2.42. The van der Waals surface area contributed by atoms with Gasteiger partial charge in [-0.1, -0.05) is 18.2 Å². The molecule has 0 radical (unpaired) electrons. The molecule has 0 aliphatic rings. The van der Waals surface area contributed by atoms with Gasteiger partial charge in [-0.3, -0.25) is 9.59 Å². The number of aliphatic carboxylic acids is 3. The SMILES string of the molecule is CCNOc1ccccc1.O=C(O)CC(O)(CC(=O)O)C(=O)O. The van der Waals surface area contributed by atoms with Gasteiger partial charge in [0.15, 0.2) is 5.60 Å². The minimum Gasteiger partial charge on any atom is -0.481 e. The quantitative estimate of drug-likeness (QED) is 0.425. The van der Waals surface area contributed by atoms with Crippen LogP contribution in [-0.2, 0) is 14.4 Å². The second kappa shape index (κ2) is 10.1. The fraction of sp³-hybridized carbons (Fsp3) is 0.357. The number of carbonyl (C=O) groups is 3. The van der Waals surface area contributed by atoms with Gasteiger partial charge in [0.25, 0.3) is 0 Å². The second-order valence-corrected chi connectivity index (χ2v) is 4.39. The Kier molecular flexibility index (Phi) is 8.97. The summed E-state index contributed by atoms with van der Waals surface area (Å²) in [6.45, 7) is 2.80. The number of hydrogen-bond acceptors (Lipinski definition) is 6. The highest BCUT2D eigenvalue weighted by Gasteiger charge is 2.40. The Hall–Kier alpha value is -2.65. The van der Waals surface area contributed by atoms with Crippen molar-refractivity contribution < 1.29 is 39.6 Å². The molecule has 9 nitrogen and oxygen atoms in total. The highest BCUT2D eigenvalue weighted by Crippen LogP contribution is 2.15. The molecule has 0 amide bonds. The Morgan fingerprint density at radius 2 is 1.52 bits per heavy atom. The molecule has 23 heavy (non-hydrogen) atoms. The van der Waals surface area contributed by atoms with E-state index >= 15 is 0 Å². The molecule has 1 aromatic carbocycles. The van der Waals surface area contributed by atoms with Crippen molar-refractivity contribution in [3.05, 3.63) is 30.3 Å². The molecule has 0 spiro atoms. The van der Waals surface area contributed by atoms with E-state index in [2.05, 4.69) is 5.48 Å². The molecule has 1 aromatic rings. The van der Waals surface area contributed by atoms with Crippen molar-refractivity contribution >= 4 is 17.9 Å². The van der Waals surface area contributed by atoms with E-state index in [4.69, 9.17) is 25.3 Å². The summed E-state index contributed by atoms with van der Waals surface area (Å²) >= 11 is 0. The van der Waals surface area contributed by atoms with Crippen LogP contribution >= 0.6 is 0 Å². The lowest BCUT2D eigenvalue weighted by atomic mass is 9.96. The molecular weight excluding hydrogens is 310 g/mol. The molecule has 9 heteroatoms. The van der Waals surface area contributed by atoms with Crippen LogP contribution in [0.5, 0.6) is 5.75 Å². The average molecular weight is 329 g/mol. The van der Waals surface area contributed by atoms with Crippen molar-refractivity contribution in [2.45, 2.75) is 25.4 Å². The van der Waals surface area contributed by atoms with Gasteiger partial charge in [-0.15, -0.1) is 0 Å². The minimum absolute atomic E-state index is 0.814. The molecule has 0 atom stereocenters. The Labute approximate surface area is 132 Å². The van der Waals surface area contributed by atoms with E-state index in [-0.39, 0.29) is 0 Å². The van der Waals surface area contributed by atoms with Crippen LogP contribution < -0.4 is 10.3 Å². The number of aliphatic hydroxyl groups is 1. The van der Waals surface area contributed by atoms with Gasteiger partial charge in [-0.2, -0.15) is 5.48 Å². The number of hydrogen-bond donors (Lipinski definition) is 5. The molecule has 0 unspecified atom stereocenters. The molecular formula is C14H19NO8. The van der Waals surface area contributed by atoms with Crippen molar-refractivity contribution in [1.29, 1.82) is 0 Å². The molecule has 0 saturated heterocycles. The zero-order valence-electron chi connectivity index (χ0n) is 12.4. The van der Waals surface area contributed by atoms with Gasteiger partial charge in [0, 0.05) is 6.54 Å². The summed E-state index contributed by atoms with van der Waals surface area (Å²) in [5.41, 5.74) is 0.0261. The Bertz CT molecular complexity index is 501. The van der Waals surface area contributed by atoms with Crippen molar-refractivity contribution in [3.8, 4) is 5.75 Å². The molecule has 0 aliphatic heterocycles. The summed E-state index contributed by atoms with van der Waals surface area (Å²) in [4.78, 5) is 35.6. The first kappa shape index (κ1) is 20.3. The fourth-order valence-electron chi connectivity index (χ4n) is 1.36. The summed E-state index contributed by atoms with van der Waals surface area (Å²) in [5, 5.41) is 33.8. The van der Waals surface area contributed by atoms with E-state index in [0.29, 0.717) is 0 Å². The number of hydroxylamine groups is 1. The summed E-state index contributed by atoms with van der Waals surface area (Å²) in [6, 6.07) is 9.64. The largest absolute Gasteiger partial charge is 0.481 e. The van der Waals surface area contributed by atoms with Crippen LogP contribution in [0.2, 0.25) is 0 Å². The summed E-state index contributed by atoms with van der Waals surface area (Å²) < 4.78 is 0. The summed E-state index contributed by atoms with van der Waals surface area (Å²) in [6.07, 6.45) is -2.29. The summed E-state index contributed by atoms with van der Waals surface area (Å²) in [7, 11) is 0. The molecule has 0 saturated carbocycles. The van der Waals surface area contributed by atoms with Gasteiger partial charge in [0.1, 0.15) is 5.75 Å². The van der Waals surface area contributed by atoms with Crippen LogP contribution in [0.4, 0.5) is 0 Å². The number of rotatable bonds is 8. The van der Waals surface area contributed by atoms with Crippen LogP contribution in [0.25, 0.3) is 0 Å². The lowest BCUT2D eigenvalue weighted by Gasteiger charge is -2.18. The van der Waals surface area contributed by atoms with Gasteiger partial charge in [-0.25, -0.2) is 4.79 Å². The number of carboxylic acid groups (broad SMARTS) is 3. The number of benzene rings is 1. The lowest BCUT2D eigenvalue weighted by molar-refractivity contribution is -0.170. The molecule has 0 bridgehead atoms. The van der Waals surface area contributed by atoms with Crippen molar-refractivity contribution in [2.75, 3.05) is 6.54 Å². The first-order chi connectivity index (χ1) is 10.7. The second-order valence-electron chi connectivity index (χ2n) is 4.39. The van der Waals surface area contributed by atoms with Crippen molar-refractivity contribution in [2.24, 2.45) is 0 Å². The third kappa shape index (κ3) is 9.06. The molecule has 1 rings (SSSR count). The summed E-state index contributed by atoms with van der Waals surface area (Å²) in [5.74, 6) is -4.17. The zero-order chi connectivity index (χ0) is 17.9. The maximum atomic E-state index is 10.3. The highest BCUT2D eigenvalue weighted by molar-refractivity contribution is 5.88. The topological polar surface area (TPSA) is 153 Å². The smallest absolute Gasteiger partial charge is 0.336 e. The normalized spacial score (nSPS) is 10.2. The average Bonchev–Trinajstić information content (AvgIpc) is 2.45. The van der Waals surface area contributed by atoms with E-state index in [1.54, 1.807) is 0 Å². The predicted octanol–water partition coefficient (Wildman–Crippen LogP) is 0.341. The number of nitrogens with one attached hydrogen (secondary N) is 1. The molecule has 0 fully saturated rings. The van der Waals surface area contributed by atoms with Crippen LogP contribution in [0.1, 0.15) is 19.8 Å². The van der Waals surface area contributed by atoms with Gasteiger partial charge in [-0.05, 0) is 19.1 Å². The predicted molar refractivity (Wildman–Crippen MR) is 77.8 cm³/mol. The standard InChI is InChI=1S/C8H11NO.C6H8O7/c1-2-9-10-8-6-4-3-5-7-8;7-3(8)1-6(13,5(11)12)2-4(9)10/h3-7,9H,2H2,1H3;13H,1-2H2,(H,7,8)(H,9,10)(H,11,12).